The van der Waals surface area contributed by atoms with E-state index in [2.05, 4.69) is 13.0 Å². The average Bonchev–Trinajstić information content (AvgIpc) is 2.40. The number of rotatable bonds is 1. The fourth-order valence-electron chi connectivity index (χ4n) is 1.34. The number of benzene rings is 1. The Morgan fingerprint density at radius 3 is 2.67 bits per heavy atom. The molecule has 15 heavy (non-hydrogen) atoms. The van der Waals surface area contributed by atoms with Crippen LogP contribution in [0.1, 0.15) is 12.5 Å². The molecule has 2 nitrogen and oxygen atoms in total. The van der Waals surface area contributed by atoms with Gasteiger partial charge < -0.3 is 0 Å². The Labute approximate surface area is 99.6 Å². The van der Waals surface area contributed by atoms with Crippen LogP contribution in [0.5, 0.6) is 0 Å². The van der Waals surface area contributed by atoms with Gasteiger partial charge in [-0.25, -0.2) is 3.28 Å². The van der Waals surface area contributed by atoms with Gasteiger partial charge in [-0.1, -0.05) is 42.5 Å². The van der Waals surface area contributed by atoms with Gasteiger partial charge in [0, 0.05) is 30.1 Å². The lowest BCUT2D eigenvalue weighted by molar-refractivity contribution is 0.105. The average molecular weight is 313 g/mol. The quantitative estimate of drug-likeness (QED) is 0.635. The van der Waals surface area contributed by atoms with Crippen molar-refractivity contribution in [2.45, 2.75) is 6.92 Å². The molecule has 0 saturated carbocycles. The highest BCUT2D eigenvalue weighted by atomic mass is 127. The molecule has 1 heterocycles. The molecule has 1 N–H and O–H groups in total. The number of halogens is 1. The van der Waals surface area contributed by atoms with Gasteiger partial charge in [0.2, 0.25) is 0 Å². The third-order valence-corrected chi connectivity index (χ3v) is 4.16. The molecule has 1 aromatic rings. The van der Waals surface area contributed by atoms with E-state index in [1.165, 1.54) is 6.79 Å². The molecule has 0 bridgehead atoms. The monoisotopic (exact) mass is 313 g/mol. The molecule has 0 fully saturated rings. The second-order valence-corrected chi connectivity index (χ2v) is 6.31. The maximum Gasteiger partial charge on any atom is 0.0815 e. The van der Waals surface area contributed by atoms with Gasteiger partial charge in [-0.15, -0.1) is 0 Å². The number of hydrogen-bond acceptors (Lipinski definition) is 2. The van der Waals surface area contributed by atoms with Gasteiger partial charge in [-0.3, -0.25) is 5.21 Å². The van der Waals surface area contributed by atoms with Crippen molar-refractivity contribution in [2.75, 3.05) is 0 Å². The van der Waals surface area contributed by atoms with Crippen LogP contribution in [0, 0.1) is 0 Å². The standard InChI is InChI=1S/C12H12INO/c1-10-6-5-9-12(14(15)13-10)11-7-3-2-4-8-11/h2-9,15H,1H3. The Morgan fingerprint density at radius 1 is 1.20 bits per heavy atom. The first kappa shape index (κ1) is 10.6. The third-order valence-electron chi connectivity index (χ3n) is 2.06. The molecule has 0 spiro atoms. The lowest BCUT2D eigenvalue weighted by atomic mass is 10.1. The Kier molecular flexibility index (Phi) is 3.33. The summed E-state index contributed by atoms with van der Waals surface area (Å²) in [5.74, 6) is 0. The van der Waals surface area contributed by atoms with E-state index < -0.39 is 21.0 Å². The topological polar surface area (TPSA) is 23.5 Å². The van der Waals surface area contributed by atoms with E-state index in [-0.39, 0.29) is 0 Å². The number of hydroxylamine groups is 1. The summed E-state index contributed by atoms with van der Waals surface area (Å²) in [6.45, 7) is 2.05. The zero-order valence-electron chi connectivity index (χ0n) is 8.39. The molecule has 1 aliphatic rings. The Balaban J connectivity index is 2.39. The number of allylic oxidation sites excluding steroid dienone is 3. The van der Waals surface area contributed by atoms with Crippen LogP contribution >= 0.6 is 21.0 Å². The van der Waals surface area contributed by atoms with Crippen LogP contribution in [0.3, 0.4) is 0 Å². The Bertz CT molecular complexity index is 434. The maximum atomic E-state index is 9.93. The largest absolute Gasteiger partial charge is 0.279 e. The fraction of sp³-hybridized carbons (Fsp3) is 0.0833. The molecule has 0 aliphatic carbocycles. The van der Waals surface area contributed by atoms with Crippen molar-refractivity contribution >= 4 is 30.2 Å². The highest BCUT2D eigenvalue weighted by Crippen LogP contribution is 2.26. The lowest BCUT2D eigenvalue weighted by Crippen LogP contribution is -2.04. The molecule has 2 rings (SSSR count). The van der Waals surface area contributed by atoms with Crippen LogP contribution in [0.25, 0.3) is 5.70 Å². The van der Waals surface area contributed by atoms with E-state index in [1.807, 2.05) is 42.5 Å². The molecule has 1 aliphatic heterocycles. The van der Waals surface area contributed by atoms with Gasteiger partial charge in [0.25, 0.3) is 0 Å². The van der Waals surface area contributed by atoms with Gasteiger partial charge in [0.05, 0.1) is 5.70 Å². The van der Waals surface area contributed by atoms with E-state index in [0.717, 1.165) is 11.3 Å². The molecule has 3 heteroatoms. The van der Waals surface area contributed by atoms with Crippen molar-refractivity contribution in [3.8, 4) is 0 Å². The van der Waals surface area contributed by atoms with Crippen molar-refractivity contribution in [1.82, 2.24) is 3.28 Å². The minimum Gasteiger partial charge on any atom is -0.279 e. The van der Waals surface area contributed by atoms with Gasteiger partial charge in [-0.2, -0.15) is 0 Å². The molecule has 0 amide bonds. The predicted molar refractivity (Wildman–Crippen MR) is 71.9 cm³/mol. The predicted octanol–water partition coefficient (Wildman–Crippen LogP) is 3.37. The Hall–Kier alpha value is -0.940. The molecular formula is C12H12INO. The van der Waals surface area contributed by atoms with Crippen LogP contribution in [-0.4, -0.2) is 12.0 Å². The molecule has 0 saturated heterocycles. The molecule has 1 aromatic carbocycles. The van der Waals surface area contributed by atoms with Crippen molar-refractivity contribution in [2.24, 2.45) is 0 Å². The minimum atomic E-state index is -0.454. The van der Waals surface area contributed by atoms with Gasteiger partial charge in [0.1, 0.15) is 0 Å². The SMILES string of the molecule is CC1=IN(O)C(c2ccccc2)=CC=C1. The summed E-state index contributed by atoms with van der Waals surface area (Å²) >= 11 is -0.454. The van der Waals surface area contributed by atoms with Gasteiger partial charge in [0.15, 0.2) is 0 Å². The van der Waals surface area contributed by atoms with Crippen LogP contribution in [0.4, 0.5) is 0 Å². The summed E-state index contributed by atoms with van der Waals surface area (Å²) < 4.78 is 2.64. The van der Waals surface area contributed by atoms with Crippen LogP contribution in [-0.2, 0) is 0 Å². The molecule has 0 atom stereocenters. The summed E-state index contributed by atoms with van der Waals surface area (Å²) in [6.07, 6.45) is 6.01. The number of hydrogen-bond donors (Lipinski definition) is 1. The van der Waals surface area contributed by atoms with Crippen LogP contribution < -0.4 is 0 Å². The highest BCUT2D eigenvalue weighted by molar-refractivity contribution is 14.2. The summed E-state index contributed by atoms with van der Waals surface area (Å²) in [5.41, 5.74) is 1.94. The smallest absolute Gasteiger partial charge is 0.0815 e. The van der Waals surface area contributed by atoms with Crippen LogP contribution in [0.15, 0.2) is 48.6 Å². The summed E-state index contributed by atoms with van der Waals surface area (Å²) in [7, 11) is 0. The highest BCUT2D eigenvalue weighted by Gasteiger charge is 2.08. The molecule has 78 valence electrons. The van der Waals surface area contributed by atoms with Gasteiger partial charge in [-0.05, 0) is 13.0 Å². The van der Waals surface area contributed by atoms with E-state index in [4.69, 9.17) is 0 Å². The molecule has 0 unspecified atom stereocenters. The Morgan fingerprint density at radius 2 is 1.93 bits per heavy atom. The summed E-state index contributed by atoms with van der Waals surface area (Å²) in [6, 6.07) is 9.95. The second-order valence-electron chi connectivity index (χ2n) is 3.21. The van der Waals surface area contributed by atoms with E-state index in [1.54, 1.807) is 0 Å². The summed E-state index contributed by atoms with van der Waals surface area (Å²) in [4.78, 5) is 0. The zero-order valence-corrected chi connectivity index (χ0v) is 10.5. The van der Waals surface area contributed by atoms with Crippen molar-refractivity contribution in [3.05, 3.63) is 54.1 Å². The number of nitrogens with zero attached hydrogens (tertiary/aromatic N) is 1. The lowest BCUT2D eigenvalue weighted by Gasteiger charge is -2.14. The van der Waals surface area contributed by atoms with Crippen molar-refractivity contribution in [1.29, 1.82) is 0 Å². The third kappa shape index (κ3) is 2.54. The fourth-order valence-corrected chi connectivity index (χ4v) is 3.13. The van der Waals surface area contributed by atoms with Crippen molar-refractivity contribution < 1.29 is 5.21 Å². The first-order valence-electron chi connectivity index (χ1n) is 4.69. The zero-order chi connectivity index (χ0) is 10.7. The van der Waals surface area contributed by atoms with E-state index in [0.29, 0.717) is 0 Å². The maximum absolute atomic E-state index is 9.93. The van der Waals surface area contributed by atoms with Crippen LogP contribution in [0.2, 0.25) is 0 Å². The van der Waals surface area contributed by atoms with E-state index in [9.17, 15) is 5.21 Å². The first-order chi connectivity index (χ1) is 7.27. The minimum absolute atomic E-state index is 0.454. The first-order valence-corrected chi connectivity index (χ1v) is 6.73. The summed E-state index contributed by atoms with van der Waals surface area (Å²) in [5, 5.41) is 9.93. The van der Waals surface area contributed by atoms with Crippen molar-refractivity contribution in [3.63, 3.8) is 0 Å². The molecule has 0 aromatic heterocycles. The second kappa shape index (κ2) is 4.72. The van der Waals surface area contributed by atoms with Gasteiger partial charge >= 0.3 is 0 Å². The van der Waals surface area contributed by atoms with E-state index >= 15 is 0 Å². The molecule has 0 radical (unpaired) electrons. The molecular weight excluding hydrogens is 301 g/mol. The normalized spacial score (nSPS) is 16.3.